The molecule has 1 saturated carbocycles. The van der Waals surface area contributed by atoms with Crippen LogP contribution in [0.3, 0.4) is 0 Å². The largest absolute Gasteiger partial charge is 0.345 e. The number of nitrogens with two attached hydrogens (primary N) is 1. The lowest BCUT2D eigenvalue weighted by Crippen LogP contribution is -2.51. The zero-order chi connectivity index (χ0) is 30.7. The fourth-order valence-electron chi connectivity index (χ4n) is 6.13. The zero-order valence-electron chi connectivity index (χ0n) is 24.6. The normalized spacial score (nSPS) is 21.8. The van der Waals surface area contributed by atoms with Crippen molar-refractivity contribution in [2.24, 2.45) is 32.4 Å². The molecule has 1 heterocycles. The van der Waals surface area contributed by atoms with Gasteiger partial charge in [-0.1, -0.05) is 75.5 Å². The predicted molar refractivity (Wildman–Crippen MR) is 167 cm³/mol. The highest BCUT2D eigenvalue weighted by Crippen LogP contribution is 2.50. The minimum absolute atomic E-state index is 0.0137. The first-order valence-corrected chi connectivity index (χ1v) is 15.1. The molecule has 0 saturated heterocycles. The summed E-state index contributed by atoms with van der Waals surface area (Å²) in [5, 5.41) is 10.0. The number of amides is 2. The average Bonchev–Trinajstić information content (AvgIpc) is 3.24. The summed E-state index contributed by atoms with van der Waals surface area (Å²) in [5.41, 5.74) is 9.02. The van der Waals surface area contributed by atoms with Crippen LogP contribution in [0, 0.1) is 16.9 Å². The molecule has 2 aromatic rings. The number of hydrogen-bond donors (Lipinski definition) is 3. The monoisotopic (exact) mass is 611 g/mol. The minimum atomic E-state index is -0.659. The van der Waals surface area contributed by atoms with E-state index in [0.717, 1.165) is 44.1 Å². The number of carbonyl (C=O) groups is 2. The quantitative estimate of drug-likeness (QED) is 0.0962. The summed E-state index contributed by atoms with van der Waals surface area (Å²) in [4.78, 5) is 34.2. The van der Waals surface area contributed by atoms with Gasteiger partial charge in [0.25, 0.3) is 11.8 Å². The van der Waals surface area contributed by atoms with Crippen LogP contribution >= 0.6 is 23.2 Å². The maximum atomic E-state index is 14.3. The number of benzene rings is 2. The summed E-state index contributed by atoms with van der Waals surface area (Å²) in [5.74, 6) is 5.28. The van der Waals surface area contributed by atoms with Crippen LogP contribution in [0.15, 0.2) is 57.7 Å². The van der Waals surface area contributed by atoms with Crippen molar-refractivity contribution in [1.29, 1.82) is 5.53 Å². The van der Waals surface area contributed by atoms with Gasteiger partial charge in [-0.3, -0.25) is 14.6 Å². The molecule has 1 spiro atoms. The second-order valence-corrected chi connectivity index (χ2v) is 13.0. The van der Waals surface area contributed by atoms with E-state index < -0.39 is 5.66 Å². The molecule has 0 radical (unpaired) electrons. The Labute approximate surface area is 257 Å². The van der Waals surface area contributed by atoms with E-state index in [2.05, 4.69) is 43.2 Å². The second-order valence-electron chi connectivity index (χ2n) is 12.2. The van der Waals surface area contributed by atoms with Crippen LogP contribution in [0.5, 0.6) is 0 Å². The van der Waals surface area contributed by atoms with Crippen LogP contribution in [0.1, 0.15) is 93.7 Å². The van der Waals surface area contributed by atoms with E-state index in [1.807, 2.05) is 17.0 Å². The number of aliphatic imine (C=N–C) groups is 1. The molecule has 1 atom stereocenters. The van der Waals surface area contributed by atoms with E-state index in [1.54, 1.807) is 30.3 Å². The zero-order valence-corrected chi connectivity index (χ0v) is 26.1. The molecule has 1 aliphatic carbocycles. The van der Waals surface area contributed by atoms with Crippen LogP contribution in [-0.4, -0.2) is 40.5 Å². The molecule has 2 amide bonds. The Morgan fingerprint density at radius 3 is 2.38 bits per heavy atom. The van der Waals surface area contributed by atoms with Crippen molar-refractivity contribution in [2.45, 2.75) is 77.9 Å². The van der Waals surface area contributed by atoms with Gasteiger partial charge in [0.15, 0.2) is 5.84 Å². The van der Waals surface area contributed by atoms with Gasteiger partial charge in [0.1, 0.15) is 11.4 Å². The van der Waals surface area contributed by atoms with E-state index in [4.69, 9.17) is 39.6 Å². The van der Waals surface area contributed by atoms with Crippen molar-refractivity contribution in [2.75, 3.05) is 6.54 Å². The Bertz CT molecular complexity index is 1390. The van der Waals surface area contributed by atoms with Crippen LogP contribution < -0.4 is 11.2 Å². The molecule has 4 rings (SSSR count). The maximum Gasteiger partial charge on any atom is 0.275 e. The van der Waals surface area contributed by atoms with Gasteiger partial charge in [-0.25, -0.2) is 5.53 Å². The molecule has 11 heteroatoms. The van der Waals surface area contributed by atoms with Crippen molar-refractivity contribution in [3.8, 4) is 0 Å². The lowest BCUT2D eigenvalue weighted by Gasteiger charge is -2.47. The standard InChI is InChI=1S/C31H39Cl2N7O2/c1-5-6-25(19-7-9-20(10-8-19)28(41)36-18-26(38-34)39-35)40-29(42)27(21-11-12-23(32)24(33)17-21)37-31(40)15-13-22(14-16-31)30(2,3)4/h7-12,17,22,25,34H,5-6,13-16,18,35H2,1-4H3,(H,36,41)/b38-34?,39-26-. The molecular formula is C31H39Cl2N7O2. The molecule has 2 aliphatic rings. The lowest BCUT2D eigenvalue weighted by atomic mass is 9.69. The van der Waals surface area contributed by atoms with E-state index in [9.17, 15) is 9.59 Å². The van der Waals surface area contributed by atoms with Crippen molar-refractivity contribution in [3.63, 3.8) is 0 Å². The summed E-state index contributed by atoms with van der Waals surface area (Å²) in [6.45, 7) is 8.89. The van der Waals surface area contributed by atoms with Crippen molar-refractivity contribution in [3.05, 3.63) is 69.2 Å². The molecule has 2 aromatic carbocycles. The Hall–Kier alpha value is -3.30. The highest BCUT2D eigenvalue weighted by atomic mass is 35.5. The molecule has 1 unspecified atom stereocenters. The molecule has 1 aliphatic heterocycles. The third kappa shape index (κ3) is 6.52. The lowest BCUT2D eigenvalue weighted by molar-refractivity contribution is -0.133. The smallest absolute Gasteiger partial charge is 0.275 e. The van der Waals surface area contributed by atoms with Crippen molar-refractivity contribution < 1.29 is 9.59 Å². The predicted octanol–water partition coefficient (Wildman–Crippen LogP) is 7.13. The van der Waals surface area contributed by atoms with E-state index in [1.165, 1.54) is 0 Å². The fourth-order valence-corrected chi connectivity index (χ4v) is 6.42. The third-order valence-electron chi connectivity index (χ3n) is 8.51. The molecule has 0 aromatic heterocycles. The van der Waals surface area contributed by atoms with Crippen molar-refractivity contribution in [1.82, 2.24) is 10.2 Å². The first-order chi connectivity index (χ1) is 19.9. The summed E-state index contributed by atoms with van der Waals surface area (Å²) in [6, 6.07) is 12.3. The maximum absolute atomic E-state index is 14.3. The van der Waals surface area contributed by atoms with E-state index in [-0.39, 0.29) is 35.7 Å². The van der Waals surface area contributed by atoms with Crippen LogP contribution in [0.4, 0.5) is 0 Å². The van der Waals surface area contributed by atoms with Gasteiger partial charge in [0.05, 0.1) is 22.6 Å². The molecule has 9 nitrogen and oxygen atoms in total. The average molecular weight is 613 g/mol. The SMILES string of the molecule is CCCC(c1ccc(C(=O)NC/C(N=N)=N/N)cc1)N1C(=O)C(c2ccc(Cl)c(Cl)c2)=NC12CCC(C(C)(C)C)CC2. The number of halogens is 2. The fraction of sp³-hybridized carbons (Fsp3) is 0.484. The Balaban J connectivity index is 1.69. The second kappa shape index (κ2) is 12.9. The van der Waals surface area contributed by atoms with Gasteiger partial charge in [-0.2, -0.15) is 5.10 Å². The minimum Gasteiger partial charge on any atom is -0.345 e. The topological polar surface area (TPSA) is 136 Å². The molecule has 42 heavy (non-hydrogen) atoms. The molecular weight excluding hydrogens is 573 g/mol. The number of nitrogens with one attached hydrogen (secondary N) is 2. The molecule has 224 valence electrons. The van der Waals surface area contributed by atoms with Gasteiger partial charge >= 0.3 is 0 Å². The number of carbonyl (C=O) groups excluding carboxylic acids is 2. The number of amidine groups is 1. The summed E-state index contributed by atoms with van der Waals surface area (Å²) >= 11 is 12.5. The van der Waals surface area contributed by atoms with E-state index in [0.29, 0.717) is 32.8 Å². The Morgan fingerprint density at radius 1 is 1.17 bits per heavy atom. The van der Waals surface area contributed by atoms with Crippen LogP contribution in [0.2, 0.25) is 10.0 Å². The first-order valence-electron chi connectivity index (χ1n) is 14.4. The highest BCUT2D eigenvalue weighted by molar-refractivity contribution is 6.48. The van der Waals surface area contributed by atoms with Crippen LogP contribution in [0.25, 0.3) is 0 Å². The van der Waals surface area contributed by atoms with Crippen LogP contribution in [-0.2, 0) is 4.79 Å². The summed E-state index contributed by atoms with van der Waals surface area (Å²) < 4.78 is 0. The van der Waals surface area contributed by atoms with Crippen molar-refractivity contribution >= 4 is 46.6 Å². The molecule has 0 bridgehead atoms. The van der Waals surface area contributed by atoms with Gasteiger partial charge < -0.3 is 16.1 Å². The molecule has 1 fully saturated rings. The Kier molecular flexibility index (Phi) is 9.73. The summed E-state index contributed by atoms with van der Waals surface area (Å²) in [6.07, 6.45) is 5.10. The Morgan fingerprint density at radius 2 is 1.83 bits per heavy atom. The summed E-state index contributed by atoms with van der Waals surface area (Å²) in [7, 11) is 0. The number of nitrogens with zero attached hydrogens (tertiary/aromatic N) is 4. The number of rotatable bonds is 8. The van der Waals surface area contributed by atoms with E-state index >= 15 is 0 Å². The first kappa shape index (κ1) is 31.6. The number of hydrazone groups is 1. The third-order valence-corrected chi connectivity index (χ3v) is 9.25. The van der Waals surface area contributed by atoms with Gasteiger partial charge in [-0.15, -0.1) is 5.11 Å². The number of hydrogen-bond acceptors (Lipinski definition) is 6. The van der Waals surface area contributed by atoms with Gasteiger partial charge in [0.2, 0.25) is 0 Å². The molecule has 4 N–H and O–H groups in total. The van der Waals surface area contributed by atoms with Gasteiger partial charge in [0, 0.05) is 11.1 Å². The van der Waals surface area contributed by atoms with Gasteiger partial charge in [-0.05, 0) is 73.3 Å². The highest BCUT2D eigenvalue weighted by Gasteiger charge is 2.52.